The Morgan fingerprint density at radius 3 is 2.77 bits per heavy atom. The van der Waals surface area contributed by atoms with E-state index in [1.807, 2.05) is 0 Å². The molecule has 1 heterocycles. The monoisotopic (exact) mass is 322 g/mol. The van der Waals surface area contributed by atoms with Crippen LogP contribution < -0.4 is 9.46 Å². The van der Waals surface area contributed by atoms with Gasteiger partial charge in [-0.2, -0.15) is 0 Å². The van der Waals surface area contributed by atoms with Crippen LogP contribution in [-0.2, 0) is 16.6 Å². The van der Waals surface area contributed by atoms with Crippen molar-refractivity contribution in [1.29, 1.82) is 0 Å². The van der Waals surface area contributed by atoms with Gasteiger partial charge in [0, 0.05) is 18.8 Å². The predicted octanol–water partition coefficient (Wildman–Crippen LogP) is 1.27. The number of carboxylic acids is 1. The quantitative estimate of drug-likeness (QED) is 0.829. The molecule has 8 heteroatoms. The number of carboxylic acid groups (broad SMARTS) is 1. The molecule has 0 amide bonds. The van der Waals surface area contributed by atoms with E-state index in [4.69, 9.17) is 9.84 Å². The minimum atomic E-state index is -3.76. The molecule has 116 valence electrons. The van der Waals surface area contributed by atoms with Crippen LogP contribution in [0, 0.1) is 0 Å². The van der Waals surface area contributed by atoms with E-state index < -0.39 is 16.0 Å². The summed E-state index contributed by atoms with van der Waals surface area (Å²) in [5.41, 5.74) is 0.638. The van der Waals surface area contributed by atoms with Gasteiger partial charge in [0.25, 0.3) is 0 Å². The molecule has 0 saturated heterocycles. The fourth-order valence-electron chi connectivity index (χ4n) is 1.73. The van der Waals surface area contributed by atoms with Crippen molar-refractivity contribution in [2.45, 2.75) is 11.4 Å². The molecule has 0 fully saturated rings. The highest BCUT2D eigenvalue weighted by Crippen LogP contribution is 2.15. The fraction of sp³-hybridized carbons (Fsp3) is 0.143. The average Bonchev–Trinajstić information content (AvgIpc) is 2.53. The fourth-order valence-corrected chi connectivity index (χ4v) is 2.73. The van der Waals surface area contributed by atoms with Crippen LogP contribution in [0.15, 0.2) is 47.6 Å². The van der Waals surface area contributed by atoms with Gasteiger partial charge < -0.3 is 9.84 Å². The van der Waals surface area contributed by atoms with Crippen LogP contribution in [0.2, 0.25) is 0 Å². The maximum absolute atomic E-state index is 12.2. The van der Waals surface area contributed by atoms with Gasteiger partial charge >= 0.3 is 5.97 Å². The van der Waals surface area contributed by atoms with E-state index in [1.165, 1.54) is 37.7 Å². The molecule has 1 aromatic heterocycles. The van der Waals surface area contributed by atoms with Crippen LogP contribution in [0.25, 0.3) is 0 Å². The molecule has 0 radical (unpaired) electrons. The highest BCUT2D eigenvalue weighted by atomic mass is 32.2. The molecule has 7 nitrogen and oxygen atoms in total. The number of methoxy groups -OCH3 is 1. The summed E-state index contributed by atoms with van der Waals surface area (Å²) in [5, 5.41) is 8.91. The third-order valence-corrected chi connectivity index (χ3v) is 4.24. The second-order valence-corrected chi connectivity index (χ2v) is 6.16. The Balaban J connectivity index is 2.15. The molecule has 0 unspecified atom stereocenters. The molecule has 1 aromatic carbocycles. The molecule has 2 N–H and O–H groups in total. The van der Waals surface area contributed by atoms with Gasteiger partial charge in [0.1, 0.15) is 10.6 Å². The molecule has 0 aliphatic carbocycles. The summed E-state index contributed by atoms with van der Waals surface area (Å²) in [4.78, 5) is 14.7. The van der Waals surface area contributed by atoms with Crippen LogP contribution in [0.1, 0.15) is 15.9 Å². The third kappa shape index (κ3) is 3.80. The number of benzene rings is 1. The first-order valence-electron chi connectivity index (χ1n) is 6.23. The Morgan fingerprint density at radius 2 is 2.09 bits per heavy atom. The number of carbonyl (C=O) groups is 1. The normalized spacial score (nSPS) is 11.1. The molecular formula is C14H14N2O5S. The Labute approximate surface area is 127 Å². The molecule has 0 aliphatic heterocycles. The lowest BCUT2D eigenvalue weighted by molar-refractivity contribution is 0.0696. The molecule has 22 heavy (non-hydrogen) atoms. The first kappa shape index (κ1) is 15.9. The van der Waals surface area contributed by atoms with Crippen LogP contribution >= 0.6 is 0 Å². The van der Waals surface area contributed by atoms with E-state index in [2.05, 4.69) is 9.71 Å². The van der Waals surface area contributed by atoms with Crippen molar-refractivity contribution in [3.05, 3.63) is 53.9 Å². The second-order valence-electron chi connectivity index (χ2n) is 4.39. The van der Waals surface area contributed by atoms with Crippen molar-refractivity contribution in [2.24, 2.45) is 0 Å². The molecule has 2 rings (SSSR count). The highest BCUT2D eigenvalue weighted by molar-refractivity contribution is 7.89. The topological polar surface area (TPSA) is 106 Å². The van der Waals surface area contributed by atoms with Gasteiger partial charge in [-0.05, 0) is 17.7 Å². The van der Waals surface area contributed by atoms with Crippen molar-refractivity contribution >= 4 is 16.0 Å². The third-order valence-electron chi connectivity index (χ3n) is 2.87. The van der Waals surface area contributed by atoms with Crippen molar-refractivity contribution in [3.8, 4) is 5.75 Å². The number of hydrogen-bond donors (Lipinski definition) is 2. The van der Waals surface area contributed by atoms with Gasteiger partial charge in [-0.25, -0.2) is 17.9 Å². The Bertz CT molecular complexity index is 789. The summed E-state index contributed by atoms with van der Waals surface area (Å²) < 4.78 is 31.7. The SMILES string of the molecule is COc1cncc(S(=O)(=O)NCc2cccc(C(=O)O)c2)c1. The standard InChI is InChI=1S/C14H14N2O5S/c1-21-12-6-13(9-15-8-12)22(19,20)16-7-10-3-2-4-11(5-10)14(17)18/h2-6,8-9,16H,7H2,1H3,(H,17,18). The van der Waals surface area contributed by atoms with Crippen LogP contribution in [0.5, 0.6) is 5.75 Å². The Morgan fingerprint density at radius 1 is 1.32 bits per heavy atom. The lowest BCUT2D eigenvalue weighted by Crippen LogP contribution is -2.23. The highest BCUT2D eigenvalue weighted by Gasteiger charge is 2.15. The maximum Gasteiger partial charge on any atom is 0.335 e. The van der Waals surface area contributed by atoms with Gasteiger partial charge in [-0.3, -0.25) is 4.98 Å². The molecule has 0 bridgehead atoms. The Kier molecular flexibility index (Phi) is 4.74. The van der Waals surface area contributed by atoms with E-state index in [1.54, 1.807) is 12.1 Å². The minimum absolute atomic E-state index is 0.0266. The zero-order valence-electron chi connectivity index (χ0n) is 11.7. The van der Waals surface area contributed by atoms with Gasteiger partial charge in [0.15, 0.2) is 0 Å². The zero-order chi connectivity index (χ0) is 16.2. The van der Waals surface area contributed by atoms with Crippen molar-refractivity contribution in [1.82, 2.24) is 9.71 Å². The molecule has 0 atom stereocenters. The number of aromatic carboxylic acids is 1. The number of ether oxygens (including phenoxy) is 1. The maximum atomic E-state index is 12.2. The van der Waals surface area contributed by atoms with E-state index in [0.29, 0.717) is 11.3 Å². The van der Waals surface area contributed by atoms with E-state index in [0.717, 1.165) is 0 Å². The first-order valence-corrected chi connectivity index (χ1v) is 7.71. The smallest absolute Gasteiger partial charge is 0.335 e. The van der Waals surface area contributed by atoms with Crippen molar-refractivity contribution in [3.63, 3.8) is 0 Å². The molecule has 0 saturated carbocycles. The number of hydrogen-bond acceptors (Lipinski definition) is 5. The Hall–Kier alpha value is -2.45. The van der Waals surface area contributed by atoms with Crippen molar-refractivity contribution < 1.29 is 23.1 Å². The first-order chi connectivity index (χ1) is 10.4. The van der Waals surface area contributed by atoms with Gasteiger partial charge in [0.2, 0.25) is 10.0 Å². The number of rotatable bonds is 6. The second kappa shape index (κ2) is 6.54. The predicted molar refractivity (Wildman–Crippen MR) is 78.2 cm³/mol. The number of nitrogens with one attached hydrogen (secondary N) is 1. The van der Waals surface area contributed by atoms with Crippen LogP contribution in [-0.4, -0.2) is 31.6 Å². The zero-order valence-corrected chi connectivity index (χ0v) is 12.5. The van der Waals surface area contributed by atoms with E-state index in [-0.39, 0.29) is 17.0 Å². The van der Waals surface area contributed by atoms with Gasteiger partial charge in [-0.1, -0.05) is 12.1 Å². The lowest BCUT2D eigenvalue weighted by atomic mass is 10.1. The summed E-state index contributed by atoms with van der Waals surface area (Å²) in [6.45, 7) is -0.0271. The van der Waals surface area contributed by atoms with Crippen molar-refractivity contribution in [2.75, 3.05) is 7.11 Å². The van der Waals surface area contributed by atoms with E-state index >= 15 is 0 Å². The molecule has 0 aliphatic rings. The number of pyridine rings is 1. The minimum Gasteiger partial charge on any atom is -0.495 e. The van der Waals surface area contributed by atoms with Crippen LogP contribution in [0.3, 0.4) is 0 Å². The molecule has 0 spiro atoms. The summed E-state index contributed by atoms with van der Waals surface area (Å²) in [6.07, 6.45) is 2.61. The van der Waals surface area contributed by atoms with Gasteiger partial charge in [0.05, 0.1) is 18.9 Å². The summed E-state index contributed by atoms with van der Waals surface area (Å²) in [5.74, 6) is -0.738. The summed E-state index contributed by atoms with van der Waals surface area (Å²) >= 11 is 0. The van der Waals surface area contributed by atoms with Gasteiger partial charge in [-0.15, -0.1) is 0 Å². The lowest BCUT2D eigenvalue weighted by Gasteiger charge is -2.08. The number of sulfonamides is 1. The summed E-state index contributed by atoms with van der Waals surface area (Å²) in [6, 6.07) is 7.39. The summed E-state index contributed by atoms with van der Waals surface area (Å²) in [7, 11) is -2.35. The number of nitrogens with zero attached hydrogens (tertiary/aromatic N) is 1. The number of aromatic nitrogens is 1. The molecular weight excluding hydrogens is 308 g/mol. The van der Waals surface area contributed by atoms with Crippen LogP contribution in [0.4, 0.5) is 0 Å². The largest absolute Gasteiger partial charge is 0.495 e. The molecule has 2 aromatic rings. The average molecular weight is 322 g/mol. The van der Waals surface area contributed by atoms with E-state index in [9.17, 15) is 13.2 Å².